The van der Waals surface area contributed by atoms with Crippen LogP contribution in [0.15, 0.2) is 53.7 Å². The molecule has 0 saturated carbocycles. The third kappa shape index (κ3) is 3.67. The SMILES string of the molecule is Cc1ccc(C2=NO[C@@H](CNCc3ccccc3Cl)C2)cc1. The quantitative estimate of drug-likeness (QED) is 0.907. The molecule has 1 aliphatic heterocycles. The molecule has 0 spiro atoms. The lowest BCUT2D eigenvalue weighted by Gasteiger charge is -2.10. The largest absolute Gasteiger partial charge is 0.390 e. The van der Waals surface area contributed by atoms with Gasteiger partial charge < -0.3 is 10.2 Å². The van der Waals surface area contributed by atoms with Crippen molar-refractivity contribution in [3.63, 3.8) is 0 Å². The summed E-state index contributed by atoms with van der Waals surface area (Å²) in [7, 11) is 0. The Bertz CT molecular complexity index is 667. The van der Waals surface area contributed by atoms with E-state index in [1.54, 1.807) is 0 Å². The molecule has 0 aliphatic carbocycles. The lowest BCUT2D eigenvalue weighted by Crippen LogP contribution is -2.26. The highest BCUT2D eigenvalue weighted by atomic mass is 35.5. The number of aryl methyl sites for hydroxylation is 1. The van der Waals surface area contributed by atoms with Crippen molar-refractivity contribution >= 4 is 17.3 Å². The molecule has 3 rings (SSSR count). The average molecular weight is 315 g/mol. The van der Waals surface area contributed by atoms with Gasteiger partial charge in [0.25, 0.3) is 0 Å². The third-order valence-electron chi connectivity index (χ3n) is 3.76. The fourth-order valence-electron chi connectivity index (χ4n) is 2.46. The zero-order valence-corrected chi connectivity index (χ0v) is 13.3. The summed E-state index contributed by atoms with van der Waals surface area (Å²) in [5.41, 5.74) is 4.51. The third-order valence-corrected chi connectivity index (χ3v) is 4.13. The minimum atomic E-state index is 0.0822. The summed E-state index contributed by atoms with van der Waals surface area (Å²) in [6.45, 7) is 3.57. The number of nitrogens with one attached hydrogen (secondary N) is 1. The maximum Gasteiger partial charge on any atom is 0.145 e. The topological polar surface area (TPSA) is 33.6 Å². The molecule has 0 bridgehead atoms. The molecule has 114 valence electrons. The number of benzene rings is 2. The molecule has 3 nitrogen and oxygen atoms in total. The van der Waals surface area contributed by atoms with Gasteiger partial charge in [-0.2, -0.15) is 0 Å². The van der Waals surface area contributed by atoms with Gasteiger partial charge in [0.05, 0.1) is 5.71 Å². The van der Waals surface area contributed by atoms with E-state index in [9.17, 15) is 0 Å². The molecule has 1 heterocycles. The predicted octanol–water partition coefficient (Wildman–Crippen LogP) is 3.93. The van der Waals surface area contributed by atoms with Crippen LogP contribution in [0.5, 0.6) is 0 Å². The first kappa shape index (κ1) is 15.1. The summed E-state index contributed by atoms with van der Waals surface area (Å²) in [4.78, 5) is 5.51. The summed E-state index contributed by atoms with van der Waals surface area (Å²) in [5, 5.41) is 8.38. The lowest BCUT2D eigenvalue weighted by atomic mass is 10.0. The van der Waals surface area contributed by atoms with Gasteiger partial charge in [-0.15, -0.1) is 0 Å². The maximum atomic E-state index is 6.14. The number of rotatable bonds is 5. The summed E-state index contributed by atoms with van der Waals surface area (Å²) in [6.07, 6.45) is 0.914. The Labute approximate surface area is 135 Å². The Morgan fingerprint density at radius 2 is 1.95 bits per heavy atom. The molecule has 0 saturated heterocycles. The number of hydrogen-bond acceptors (Lipinski definition) is 3. The summed E-state index contributed by atoms with van der Waals surface area (Å²) in [5.74, 6) is 0. The Kier molecular flexibility index (Phi) is 4.76. The van der Waals surface area contributed by atoms with Crippen LogP contribution >= 0.6 is 11.6 Å². The summed E-state index contributed by atoms with van der Waals surface area (Å²) >= 11 is 6.14. The van der Waals surface area contributed by atoms with E-state index in [1.165, 1.54) is 5.56 Å². The Morgan fingerprint density at radius 1 is 1.18 bits per heavy atom. The molecule has 4 heteroatoms. The highest BCUT2D eigenvalue weighted by Gasteiger charge is 2.21. The Hall–Kier alpha value is -1.84. The highest BCUT2D eigenvalue weighted by Crippen LogP contribution is 2.18. The van der Waals surface area contributed by atoms with Crippen molar-refractivity contribution < 1.29 is 4.84 Å². The van der Waals surface area contributed by atoms with Crippen LogP contribution in [0.4, 0.5) is 0 Å². The van der Waals surface area contributed by atoms with E-state index in [1.807, 2.05) is 24.3 Å². The predicted molar refractivity (Wildman–Crippen MR) is 90.4 cm³/mol. The zero-order chi connectivity index (χ0) is 15.4. The molecule has 1 atom stereocenters. The van der Waals surface area contributed by atoms with E-state index in [0.717, 1.165) is 41.4 Å². The van der Waals surface area contributed by atoms with Crippen LogP contribution in [0.2, 0.25) is 5.02 Å². The van der Waals surface area contributed by atoms with Crippen LogP contribution in [-0.4, -0.2) is 18.4 Å². The van der Waals surface area contributed by atoms with Crippen molar-refractivity contribution in [2.24, 2.45) is 5.16 Å². The van der Waals surface area contributed by atoms with Crippen molar-refractivity contribution in [1.82, 2.24) is 5.32 Å². The molecule has 1 aliphatic rings. The maximum absolute atomic E-state index is 6.14. The fourth-order valence-corrected chi connectivity index (χ4v) is 2.67. The smallest absolute Gasteiger partial charge is 0.145 e. The highest BCUT2D eigenvalue weighted by molar-refractivity contribution is 6.31. The van der Waals surface area contributed by atoms with E-state index in [-0.39, 0.29) is 6.10 Å². The second-order valence-corrected chi connectivity index (χ2v) is 5.97. The van der Waals surface area contributed by atoms with E-state index in [4.69, 9.17) is 16.4 Å². The van der Waals surface area contributed by atoms with Crippen molar-refractivity contribution in [3.05, 3.63) is 70.2 Å². The standard InChI is InChI=1S/C18H19ClN2O/c1-13-6-8-14(9-7-13)18-10-16(22-21-18)12-20-11-15-4-2-3-5-17(15)19/h2-9,16,20H,10-12H2,1H3/t16-/m1/s1. The number of hydrogen-bond donors (Lipinski definition) is 1. The minimum absolute atomic E-state index is 0.0822. The minimum Gasteiger partial charge on any atom is -0.390 e. The Balaban J connectivity index is 1.48. The van der Waals surface area contributed by atoms with Crippen LogP contribution in [0.3, 0.4) is 0 Å². The molecule has 0 aromatic heterocycles. The molecule has 0 amide bonds. The van der Waals surface area contributed by atoms with E-state index < -0.39 is 0 Å². The van der Waals surface area contributed by atoms with Gasteiger partial charge in [0, 0.05) is 24.5 Å². The van der Waals surface area contributed by atoms with Gasteiger partial charge in [-0.3, -0.25) is 0 Å². The second-order valence-electron chi connectivity index (χ2n) is 5.56. The van der Waals surface area contributed by atoms with Gasteiger partial charge in [0.2, 0.25) is 0 Å². The van der Waals surface area contributed by atoms with Crippen LogP contribution < -0.4 is 5.32 Å². The first-order valence-electron chi connectivity index (χ1n) is 7.46. The van der Waals surface area contributed by atoms with Crippen molar-refractivity contribution in [2.45, 2.75) is 26.0 Å². The first-order valence-corrected chi connectivity index (χ1v) is 7.84. The average Bonchev–Trinajstić information content (AvgIpc) is 2.99. The van der Waals surface area contributed by atoms with Crippen LogP contribution in [-0.2, 0) is 11.4 Å². The molecule has 1 N–H and O–H groups in total. The van der Waals surface area contributed by atoms with E-state index in [2.05, 4.69) is 41.7 Å². The molecule has 0 fully saturated rings. The molecule has 0 unspecified atom stereocenters. The number of oxime groups is 1. The molecule has 22 heavy (non-hydrogen) atoms. The normalized spacial score (nSPS) is 17.2. The van der Waals surface area contributed by atoms with Gasteiger partial charge in [-0.1, -0.05) is 64.8 Å². The molecular formula is C18H19ClN2O. The summed E-state index contributed by atoms with van der Waals surface area (Å²) in [6, 6.07) is 16.2. The molecular weight excluding hydrogens is 296 g/mol. The van der Waals surface area contributed by atoms with Gasteiger partial charge in [-0.05, 0) is 24.1 Å². The second kappa shape index (κ2) is 6.95. The summed E-state index contributed by atoms with van der Waals surface area (Å²) < 4.78 is 0. The van der Waals surface area contributed by atoms with Crippen LogP contribution in [0.1, 0.15) is 23.1 Å². The van der Waals surface area contributed by atoms with E-state index >= 15 is 0 Å². The van der Waals surface area contributed by atoms with Gasteiger partial charge >= 0.3 is 0 Å². The van der Waals surface area contributed by atoms with Crippen molar-refractivity contribution in [1.29, 1.82) is 0 Å². The lowest BCUT2D eigenvalue weighted by molar-refractivity contribution is 0.0848. The Morgan fingerprint density at radius 3 is 2.73 bits per heavy atom. The van der Waals surface area contributed by atoms with E-state index in [0.29, 0.717) is 0 Å². The first-order chi connectivity index (χ1) is 10.7. The monoisotopic (exact) mass is 314 g/mol. The van der Waals surface area contributed by atoms with Crippen molar-refractivity contribution in [3.8, 4) is 0 Å². The van der Waals surface area contributed by atoms with Crippen LogP contribution in [0, 0.1) is 6.92 Å². The van der Waals surface area contributed by atoms with Gasteiger partial charge in [0.15, 0.2) is 0 Å². The van der Waals surface area contributed by atoms with Crippen LogP contribution in [0.25, 0.3) is 0 Å². The zero-order valence-electron chi connectivity index (χ0n) is 12.6. The molecule has 2 aromatic carbocycles. The fraction of sp³-hybridized carbons (Fsp3) is 0.278. The molecule has 0 radical (unpaired) electrons. The van der Waals surface area contributed by atoms with Crippen molar-refractivity contribution in [2.75, 3.05) is 6.54 Å². The number of nitrogens with zero attached hydrogens (tertiary/aromatic N) is 1. The number of halogens is 1. The van der Waals surface area contributed by atoms with Gasteiger partial charge in [0.1, 0.15) is 6.10 Å². The molecule has 2 aromatic rings. The van der Waals surface area contributed by atoms with Gasteiger partial charge in [-0.25, -0.2) is 0 Å².